The zero-order valence-corrected chi connectivity index (χ0v) is 33.1. The molecule has 0 bridgehead atoms. The molecule has 1 amide bonds. The molecule has 1 fully saturated rings. The molecular formula is C44H42N8O8. The lowest BCUT2D eigenvalue weighted by molar-refractivity contribution is -0.396. The highest BCUT2D eigenvalue weighted by Crippen LogP contribution is 2.43. The van der Waals surface area contributed by atoms with Gasteiger partial charge in [0, 0.05) is 24.9 Å². The summed E-state index contributed by atoms with van der Waals surface area (Å²) >= 11 is 0. The molecule has 16 heteroatoms. The fourth-order valence-corrected chi connectivity index (χ4v) is 7.67. The SMILES string of the molecule is COc1ccc(C(OC[C@H]2O[C@@H](n3cnc4c(N(CCc5cnc([N+](=O)[O-])n5C)C(=O)c5ccccc5)ncnc43)C[C@@H]2O)(c2ccccc2)c2ccc(OC)cc2)cc1. The van der Waals surface area contributed by atoms with E-state index in [2.05, 4.69) is 19.9 Å². The van der Waals surface area contributed by atoms with Gasteiger partial charge in [0.15, 0.2) is 17.0 Å². The van der Waals surface area contributed by atoms with Crippen LogP contribution in [0.3, 0.4) is 0 Å². The summed E-state index contributed by atoms with van der Waals surface area (Å²) in [5.74, 6) is 0.986. The van der Waals surface area contributed by atoms with Crippen molar-refractivity contribution in [3.05, 3.63) is 166 Å². The average molecular weight is 811 g/mol. The summed E-state index contributed by atoms with van der Waals surface area (Å²) in [7, 11) is 4.79. The van der Waals surface area contributed by atoms with Gasteiger partial charge in [-0.2, -0.15) is 0 Å². The molecule has 0 unspecified atom stereocenters. The number of aliphatic hydroxyl groups excluding tert-OH is 1. The maximum atomic E-state index is 14.1. The number of amides is 1. The Hall–Kier alpha value is -7.01. The minimum absolute atomic E-state index is 0.00299. The molecule has 8 rings (SSSR count). The first kappa shape index (κ1) is 39.8. The Morgan fingerprint density at radius 2 is 1.50 bits per heavy atom. The van der Waals surface area contributed by atoms with Gasteiger partial charge in [0.25, 0.3) is 5.91 Å². The summed E-state index contributed by atoms with van der Waals surface area (Å²) in [4.78, 5) is 44.2. The van der Waals surface area contributed by atoms with Crippen LogP contribution in [0, 0.1) is 10.1 Å². The molecule has 16 nitrogen and oxygen atoms in total. The number of methoxy groups -OCH3 is 2. The van der Waals surface area contributed by atoms with Crippen LogP contribution >= 0.6 is 0 Å². The quantitative estimate of drug-likeness (QED) is 0.0722. The third-order valence-corrected chi connectivity index (χ3v) is 10.8. The second kappa shape index (κ2) is 17.1. The molecule has 1 N–H and O–H groups in total. The van der Waals surface area contributed by atoms with Crippen LogP contribution in [-0.2, 0) is 28.5 Å². The van der Waals surface area contributed by atoms with Gasteiger partial charge < -0.3 is 34.2 Å². The molecule has 1 saturated heterocycles. The second-order valence-electron chi connectivity index (χ2n) is 14.2. The van der Waals surface area contributed by atoms with Crippen molar-refractivity contribution < 1.29 is 33.8 Å². The number of nitrogens with zero attached hydrogens (tertiary/aromatic N) is 8. The van der Waals surface area contributed by atoms with Gasteiger partial charge in [-0.05, 0) is 58.0 Å². The van der Waals surface area contributed by atoms with Crippen LogP contribution in [0.1, 0.15) is 45.4 Å². The summed E-state index contributed by atoms with van der Waals surface area (Å²) in [6.07, 6.45) is 2.40. The Morgan fingerprint density at radius 3 is 2.10 bits per heavy atom. The molecule has 4 aromatic carbocycles. The summed E-state index contributed by atoms with van der Waals surface area (Å²) in [5, 5.41) is 23.0. The van der Waals surface area contributed by atoms with Crippen LogP contribution in [0.4, 0.5) is 11.8 Å². The number of carbonyl (C=O) groups excluding carboxylic acids is 1. The van der Waals surface area contributed by atoms with Crippen LogP contribution in [0.15, 0.2) is 128 Å². The van der Waals surface area contributed by atoms with E-state index in [-0.39, 0.29) is 43.7 Å². The molecule has 1 aliphatic rings. The molecule has 4 heterocycles. The highest BCUT2D eigenvalue weighted by molar-refractivity contribution is 6.08. The van der Waals surface area contributed by atoms with Crippen LogP contribution in [0.5, 0.6) is 11.5 Å². The van der Waals surface area contributed by atoms with E-state index in [0.717, 1.165) is 16.7 Å². The molecule has 1 aliphatic heterocycles. The van der Waals surface area contributed by atoms with Crippen LogP contribution in [0.2, 0.25) is 0 Å². The third-order valence-electron chi connectivity index (χ3n) is 10.8. The largest absolute Gasteiger partial charge is 0.497 e. The molecule has 0 saturated carbocycles. The lowest BCUT2D eigenvalue weighted by atomic mass is 9.80. The maximum Gasteiger partial charge on any atom is 0.434 e. The number of hydrogen-bond donors (Lipinski definition) is 1. The first-order chi connectivity index (χ1) is 29.2. The van der Waals surface area contributed by atoms with E-state index in [4.69, 9.17) is 18.9 Å². The number of fused-ring (bicyclic) bond motifs is 1. The first-order valence-corrected chi connectivity index (χ1v) is 19.2. The number of ether oxygens (including phenoxy) is 4. The van der Waals surface area contributed by atoms with Crippen molar-refractivity contribution >= 4 is 28.8 Å². The molecule has 0 spiro atoms. The lowest BCUT2D eigenvalue weighted by Gasteiger charge is -2.37. The van der Waals surface area contributed by atoms with Gasteiger partial charge in [0.1, 0.15) is 47.7 Å². The molecular weight excluding hydrogens is 769 g/mol. The predicted octanol–water partition coefficient (Wildman–Crippen LogP) is 6.03. The Bertz CT molecular complexity index is 2540. The minimum Gasteiger partial charge on any atom is -0.497 e. The number of aromatic nitrogens is 6. The van der Waals surface area contributed by atoms with Crippen LogP contribution < -0.4 is 14.4 Å². The van der Waals surface area contributed by atoms with Gasteiger partial charge in [-0.15, -0.1) is 0 Å². The Balaban J connectivity index is 1.10. The number of hydrogen-bond acceptors (Lipinski definition) is 12. The smallest absolute Gasteiger partial charge is 0.434 e. The van der Waals surface area contributed by atoms with Gasteiger partial charge in [-0.3, -0.25) is 14.3 Å². The van der Waals surface area contributed by atoms with Gasteiger partial charge in [0.05, 0.1) is 40.3 Å². The van der Waals surface area contributed by atoms with E-state index in [1.165, 1.54) is 22.0 Å². The molecule has 306 valence electrons. The van der Waals surface area contributed by atoms with E-state index in [9.17, 15) is 20.0 Å². The monoisotopic (exact) mass is 810 g/mol. The second-order valence-corrected chi connectivity index (χ2v) is 14.2. The molecule has 0 aliphatic carbocycles. The van der Waals surface area contributed by atoms with Gasteiger partial charge in [-0.1, -0.05) is 77.8 Å². The normalized spacial score (nSPS) is 16.5. The van der Waals surface area contributed by atoms with E-state index < -0.39 is 29.0 Å². The molecule has 0 radical (unpaired) electrons. The molecule has 7 aromatic rings. The number of carbonyl (C=O) groups is 1. The Labute approximate surface area is 344 Å². The van der Waals surface area contributed by atoms with Crippen molar-refractivity contribution in [1.29, 1.82) is 0 Å². The minimum atomic E-state index is -1.13. The van der Waals surface area contributed by atoms with Gasteiger partial charge in [-0.25, -0.2) is 19.5 Å². The number of anilines is 1. The predicted molar refractivity (Wildman–Crippen MR) is 220 cm³/mol. The average Bonchev–Trinajstić information content (AvgIpc) is 4.01. The highest BCUT2D eigenvalue weighted by atomic mass is 16.6. The van der Waals surface area contributed by atoms with Crippen molar-refractivity contribution in [2.45, 2.75) is 36.9 Å². The van der Waals surface area contributed by atoms with Crippen molar-refractivity contribution in [1.82, 2.24) is 29.1 Å². The zero-order chi connectivity index (χ0) is 41.8. The fraction of sp³-hybridized carbons (Fsp3) is 0.250. The van der Waals surface area contributed by atoms with Crippen LogP contribution in [-0.4, -0.2) is 84.6 Å². The van der Waals surface area contributed by atoms with E-state index in [0.29, 0.717) is 33.9 Å². The van der Waals surface area contributed by atoms with E-state index in [1.807, 2.05) is 84.9 Å². The summed E-state index contributed by atoms with van der Waals surface area (Å²) in [6.45, 7) is 0.107. The Morgan fingerprint density at radius 1 is 0.883 bits per heavy atom. The number of nitro groups is 1. The van der Waals surface area contributed by atoms with Gasteiger partial charge >= 0.3 is 5.95 Å². The molecule has 3 aromatic heterocycles. The lowest BCUT2D eigenvalue weighted by Crippen LogP contribution is -2.38. The first-order valence-electron chi connectivity index (χ1n) is 19.2. The van der Waals surface area contributed by atoms with Crippen molar-refractivity contribution in [3.8, 4) is 11.5 Å². The summed E-state index contributed by atoms with van der Waals surface area (Å²) in [6, 6.07) is 34.0. The van der Waals surface area contributed by atoms with Crippen molar-refractivity contribution in [2.75, 3.05) is 32.3 Å². The number of aliphatic hydroxyl groups is 1. The maximum absolute atomic E-state index is 14.1. The summed E-state index contributed by atoms with van der Waals surface area (Å²) < 4.78 is 27.7. The number of imidazole rings is 2. The van der Waals surface area contributed by atoms with Gasteiger partial charge in [0.2, 0.25) is 0 Å². The van der Waals surface area contributed by atoms with Crippen molar-refractivity contribution in [2.24, 2.45) is 7.05 Å². The van der Waals surface area contributed by atoms with Crippen molar-refractivity contribution in [3.63, 3.8) is 0 Å². The summed E-state index contributed by atoms with van der Waals surface area (Å²) in [5.41, 5.74) is 3.11. The number of rotatable bonds is 15. The van der Waals surface area contributed by atoms with E-state index in [1.54, 1.807) is 56.4 Å². The standard InChI is InChI=1S/C44H42N8O8/c1-49-33(25-45-43(49)52(55)56)22-23-50(42(54)29-10-6-4-7-11-29)40-39-41(47-27-46-40)51(28-48-39)38-24-36(53)37(60-38)26-59-44(30-12-8-5-9-13-30,31-14-18-34(57-2)19-15-31)32-16-20-35(58-3)21-17-32/h4-21,25,27-28,36-38,53H,22-24,26H2,1-3H3/t36-,37+,38+/m0/s1. The van der Waals surface area contributed by atoms with E-state index >= 15 is 0 Å². The topological polar surface area (TPSA) is 182 Å². The third kappa shape index (κ3) is 7.54. The number of benzene rings is 4. The molecule has 60 heavy (non-hydrogen) atoms. The molecule has 3 atom stereocenters. The Kier molecular flexibility index (Phi) is 11.3. The highest BCUT2D eigenvalue weighted by Gasteiger charge is 2.42. The van der Waals surface area contributed by atoms with Crippen LogP contribution in [0.25, 0.3) is 11.2 Å². The zero-order valence-electron chi connectivity index (χ0n) is 33.1. The fourth-order valence-electron chi connectivity index (χ4n) is 7.67.